The highest BCUT2D eigenvalue weighted by atomic mass is 16.3. The van der Waals surface area contributed by atoms with E-state index in [4.69, 9.17) is 23.8 Å². The summed E-state index contributed by atoms with van der Waals surface area (Å²) in [5.74, 6) is 1.81. The third kappa shape index (κ3) is 4.71. The predicted octanol–water partition coefficient (Wildman–Crippen LogP) is 13.8. The van der Waals surface area contributed by atoms with Gasteiger partial charge in [-0.25, -0.2) is 15.0 Å². The summed E-state index contributed by atoms with van der Waals surface area (Å²) in [5, 5.41) is 11.2. The van der Waals surface area contributed by atoms with Crippen LogP contribution in [0.3, 0.4) is 0 Å². The van der Waals surface area contributed by atoms with Gasteiger partial charge < -0.3 is 8.83 Å². The molecule has 0 N–H and O–H groups in total. The average molecular weight is 716 g/mol. The summed E-state index contributed by atoms with van der Waals surface area (Å²) in [6.45, 7) is 0. The Morgan fingerprint density at radius 1 is 0.286 bits per heavy atom. The van der Waals surface area contributed by atoms with Crippen LogP contribution in [-0.2, 0) is 0 Å². The van der Waals surface area contributed by atoms with Crippen LogP contribution in [0.15, 0.2) is 185 Å². The van der Waals surface area contributed by atoms with Crippen molar-refractivity contribution in [1.82, 2.24) is 15.0 Å². The summed E-state index contributed by atoms with van der Waals surface area (Å²) in [6, 6.07) is 61.0. The van der Waals surface area contributed by atoms with Gasteiger partial charge in [-0.3, -0.25) is 0 Å². The van der Waals surface area contributed by atoms with Gasteiger partial charge in [0.2, 0.25) is 0 Å². The van der Waals surface area contributed by atoms with Crippen LogP contribution in [0.5, 0.6) is 0 Å². The lowest BCUT2D eigenvalue weighted by molar-refractivity contribution is 0.668. The number of hydrogen-bond donors (Lipinski definition) is 0. The number of benzene rings is 9. The fourth-order valence-corrected chi connectivity index (χ4v) is 8.48. The first kappa shape index (κ1) is 30.8. The number of para-hydroxylation sites is 2. The molecule has 0 unspecified atom stereocenters. The molecule has 0 saturated carbocycles. The molecular formula is C51H29N3O2. The van der Waals surface area contributed by atoms with E-state index in [0.29, 0.717) is 17.5 Å². The van der Waals surface area contributed by atoms with E-state index in [2.05, 4.69) is 133 Å². The molecule has 0 bridgehead atoms. The molecule has 56 heavy (non-hydrogen) atoms. The quantitative estimate of drug-likeness (QED) is 0.170. The third-order valence-electron chi connectivity index (χ3n) is 11.1. The van der Waals surface area contributed by atoms with Crippen LogP contribution >= 0.6 is 0 Å². The minimum absolute atomic E-state index is 0.592. The van der Waals surface area contributed by atoms with Crippen LogP contribution in [0.25, 0.3) is 121 Å². The van der Waals surface area contributed by atoms with Gasteiger partial charge in [-0.1, -0.05) is 140 Å². The van der Waals surface area contributed by atoms with Crippen molar-refractivity contribution < 1.29 is 8.83 Å². The van der Waals surface area contributed by atoms with Crippen molar-refractivity contribution in [3.05, 3.63) is 176 Å². The summed E-state index contributed by atoms with van der Waals surface area (Å²) in [5.41, 5.74) is 8.40. The fraction of sp³-hybridized carbons (Fsp3) is 0. The van der Waals surface area contributed by atoms with Crippen LogP contribution in [0.4, 0.5) is 0 Å². The molecule has 0 spiro atoms. The van der Waals surface area contributed by atoms with Gasteiger partial charge >= 0.3 is 0 Å². The van der Waals surface area contributed by atoms with E-state index in [0.717, 1.165) is 87.9 Å². The second kappa shape index (κ2) is 11.9. The maximum absolute atomic E-state index is 6.30. The zero-order valence-corrected chi connectivity index (χ0v) is 29.9. The number of fused-ring (bicyclic) bond motifs is 11. The average Bonchev–Trinajstić information content (AvgIpc) is 3.85. The second-order valence-electron chi connectivity index (χ2n) is 14.3. The fourth-order valence-electron chi connectivity index (χ4n) is 8.48. The molecule has 0 radical (unpaired) electrons. The summed E-state index contributed by atoms with van der Waals surface area (Å²) in [7, 11) is 0. The number of furan rings is 2. The Balaban J connectivity index is 1.05. The highest BCUT2D eigenvalue weighted by Gasteiger charge is 2.20. The highest BCUT2D eigenvalue weighted by Crippen LogP contribution is 2.40. The van der Waals surface area contributed by atoms with Crippen molar-refractivity contribution in [3.63, 3.8) is 0 Å². The lowest BCUT2D eigenvalue weighted by atomic mass is 9.96. The van der Waals surface area contributed by atoms with Crippen LogP contribution < -0.4 is 0 Å². The molecule has 0 saturated heterocycles. The maximum Gasteiger partial charge on any atom is 0.164 e. The molecule has 12 rings (SSSR count). The Morgan fingerprint density at radius 3 is 1.62 bits per heavy atom. The first-order valence-corrected chi connectivity index (χ1v) is 18.8. The number of hydrogen-bond acceptors (Lipinski definition) is 5. The Labute approximate surface area is 320 Å². The van der Waals surface area contributed by atoms with Gasteiger partial charge in [0.05, 0.1) is 0 Å². The van der Waals surface area contributed by atoms with Crippen LogP contribution in [0.2, 0.25) is 0 Å². The van der Waals surface area contributed by atoms with Gasteiger partial charge in [-0.05, 0) is 79.8 Å². The van der Waals surface area contributed by atoms with Gasteiger partial charge in [0.1, 0.15) is 22.3 Å². The second-order valence-corrected chi connectivity index (χ2v) is 14.3. The van der Waals surface area contributed by atoms with E-state index in [-0.39, 0.29) is 0 Å². The SMILES string of the molecule is c1ccc2c(c1)cc(-c1nc(-c3ccc(-c4ccc5ccc6oc7ccccc7c6c5c4)cc3)nc(-c3cccc4oc5ccccc5c34)n1)c1ccccc12. The van der Waals surface area contributed by atoms with Crippen molar-refractivity contribution in [1.29, 1.82) is 0 Å². The maximum atomic E-state index is 6.30. The standard InChI is InChI=1S/C51H29N3O2/c1-2-11-35-34(10-1)29-42(37-13-4-3-12-36(35)37)51-53-49(52-50(54-51)40-16-9-19-45-47(40)38-14-5-7-17-43(38)55-45)32-23-20-30(21-24-32)33-25-22-31-26-27-46-48(41(31)28-33)39-15-6-8-18-44(39)56-46/h1-29H. The molecule has 5 nitrogen and oxygen atoms in total. The summed E-state index contributed by atoms with van der Waals surface area (Å²) < 4.78 is 12.5. The smallest absolute Gasteiger partial charge is 0.164 e. The number of rotatable bonds is 4. The van der Waals surface area contributed by atoms with Gasteiger partial charge in [0.15, 0.2) is 17.5 Å². The highest BCUT2D eigenvalue weighted by molar-refractivity contribution is 6.19. The van der Waals surface area contributed by atoms with Gasteiger partial charge in [-0.2, -0.15) is 0 Å². The molecule has 0 aliphatic heterocycles. The van der Waals surface area contributed by atoms with E-state index in [9.17, 15) is 0 Å². The largest absolute Gasteiger partial charge is 0.456 e. The van der Waals surface area contributed by atoms with E-state index in [1.165, 1.54) is 16.2 Å². The van der Waals surface area contributed by atoms with Gasteiger partial charge in [0, 0.05) is 38.2 Å². The minimum atomic E-state index is 0.592. The monoisotopic (exact) mass is 715 g/mol. The van der Waals surface area contributed by atoms with E-state index in [1.54, 1.807) is 0 Å². The lowest BCUT2D eigenvalue weighted by Gasteiger charge is -2.13. The van der Waals surface area contributed by atoms with E-state index in [1.807, 2.05) is 42.5 Å². The number of nitrogens with zero attached hydrogens (tertiary/aromatic N) is 3. The molecule has 0 fully saturated rings. The first-order valence-electron chi connectivity index (χ1n) is 18.8. The molecule has 12 aromatic rings. The molecule has 3 aromatic heterocycles. The topological polar surface area (TPSA) is 65.0 Å². The molecule has 3 heterocycles. The molecule has 0 atom stereocenters. The molecule has 5 heteroatoms. The molecule has 0 aliphatic rings. The van der Waals surface area contributed by atoms with Crippen molar-refractivity contribution in [2.45, 2.75) is 0 Å². The van der Waals surface area contributed by atoms with Crippen molar-refractivity contribution in [3.8, 4) is 45.3 Å². The zero-order valence-electron chi connectivity index (χ0n) is 29.9. The molecule has 9 aromatic carbocycles. The lowest BCUT2D eigenvalue weighted by Crippen LogP contribution is -2.01. The van der Waals surface area contributed by atoms with Crippen LogP contribution in [-0.4, -0.2) is 15.0 Å². The normalized spacial score (nSPS) is 11.9. The van der Waals surface area contributed by atoms with Crippen LogP contribution in [0.1, 0.15) is 0 Å². The Morgan fingerprint density at radius 2 is 0.839 bits per heavy atom. The van der Waals surface area contributed by atoms with Gasteiger partial charge in [0.25, 0.3) is 0 Å². The molecular weight excluding hydrogens is 687 g/mol. The number of aromatic nitrogens is 3. The van der Waals surface area contributed by atoms with E-state index < -0.39 is 0 Å². The summed E-state index contributed by atoms with van der Waals surface area (Å²) in [4.78, 5) is 15.7. The zero-order chi connectivity index (χ0) is 36.7. The van der Waals surface area contributed by atoms with Crippen molar-refractivity contribution >= 4 is 76.2 Å². The molecule has 0 aliphatic carbocycles. The molecule has 260 valence electrons. The predicted molar refractivity (Wildman–Crippen MR) is 229 cm³/mol. The third-order valence-corrected chi connectivity index (χ3v) is 11.1. The summed E-state index contributed by atoms with van der Waals surface area (Å²) >= 11 is 0. The Hall–Kier alpha value is -7.63. The van der Waals surface area contributed by atoms with Gasteiger partial charge in [-0.15, -0.1) is 0 Å². The Bertz CT molecular complexity index is 3540. The Kier molecular flexibility index (Phi) is 6.56. The first-order chi connectivity index (χ1) is 27.7. The summed E-state index contributed by atoms with van der Waals surface area (Å²) in [6.07, 6.45) is 0. The van der Waals surface area contributed by atoms with Crippen LogP contribution in [0, 0.1) is 0 Å². The van der Waals surface area contributed by atoms with Crippen molar-refractivity contribution in [2.75, 3.05) is 0 Å². The van der Waals surface area contributed by atoms with Crippen molar-refractivity contribution in [2.24, 2.45) is 0 Å². The van der Waals surface area contributed by atoms with E-state index >= 15 is 0 Å². The minimum Gasteiger partial charge on any atom is -0.456 e. The molecule has 0 amide bonds.